The Hall–Kier alpha value is -2.93. The van der Waals surface area contributed by atoms with Gasteiger partial charge in [-0.2, -0.15) is 0 Å². The fourth-order valence-corrected chi connectivity index (χ4v) is 4.98. The van der Waals surface area contributed by atoms with Crippen molar-refractivity contribution in [3.05, 3.63) is 59.9 Å². The Morgan fingerprint density at radius 3 is 2.58 bits per heavy atom. The second-order valence-electron chi connectivity index (χ2n) is 8.95. The van der Waals surface area contributed by atoms with Gasteiger partial charge in [-0.15, -0.1) is 0 Å². The molecule has 176 valence electrons. The minimum Gasteiger partial charge on any atom is -0.490 e. The summed E-state index contributed by atoms with van der Waals surface area (Å²) in [6, 6.07) is 13.9. The number of likely N-dealkylation sites (tertiary alicyclic amines) is 1. The predicted octanol–water partition coefficient (Wildman–Crippen LogP) is 4.21. The molecule has 1 N–H and O–H groups in total. The molecule has 1 saturated heterocycles. The van der Waals surface area contributed by atoms with Gasteiger partial charge in [0.2, 0.25) is 11.8 Å². The standard InChI is InChI=1S/C26H32FN3O3/c1-20(31)29-15-5-4-13-26(14-6-16-30(26)19-21-9-11-22(27)12-10-21)25(32)28-23-7-2-3-8-24(23)33-18-17-29/h2-3,7-12H,4-6,13-19H2,1H3,(H,28,32)/t26-/m1/s1. The summed E-state index contributed by atoms with van der Waals surface area (Å²) in [7, 11) is 0. The Balaban J connectivity index is 1.62. The number of amides is 2. The number of hydrogen-bond acceptors (Lipinski definition) is 4. The molecule has 0 bridgehead atoms. The van der Waals surface area contributed by atoms with Crippen LogP contribution < -0.4 is 10.1 Å². The molecule has 2 aliphatic rings. The van der Waals surface area contributed by atoms with E-state index in [0.29, 0.717) is 44.1 Å². The van der Waals surface area contributed by atoms with E-state index in [0.717, 1.165) is 37.8 Å². The van der Waals surface area contributed by atoms with Crippen molar-refractivity contribution >= 4 is 17.5 Å². The number of fused-ring (bicyclic) bond motifs is 1. The lowest BCUT2D eigenvalue weighted by Crippen LogP contribution is -2.52. The zero-order chi connectivity index (χ0) is 23.3. The summed E-state index contributed by atoms with van der Waals surface area (Å²) in [5, 5.41) is 3.14. The molecular formula is C26H32FN3O3. The quantitative estimate of drug-likeness (QED) is 0.740. The summed E-state index contributed by atoms with van der Waals surface area (Å²) in [5.74, 6) is 0.346. The summed E-state index contributed by atoms with van der Waals surface area (Å²) < 4.78 is 19.4. The molecule has 2 aliphatic heterocycles. The molecule has 4 rings (SSSR count). The van der Waals surface area contributed by atoms with Crippen molar-refractivity contribution in [3.63, 3.8) is 0 Å². The molecule has 0 aromatic heterocycles. The highest BCUT2D eigenvalue weighted by atomic mass is 19.1. The number of para-hydroxylation sites is 2. The SMILES string of the molecule is CC(=O)N1CCCC[C@@]2(CCCN2Cc2ccc(F)cc2)C(=O)Nc2ccccc2OCC1. The number of carbonyl (C=O) groups is 2. The molecule has 0 saturated carbocycles. The van der Waals surface area contributed by atoms with Crippen LogP contribution in [0, 0.1) is 5.82 Å². The molecule has 0 unspecified atom stereocenters. The van der Waals surface area contributed by atoms with Gasteiger partial charge in [0.1, 0.15) is 23.7 Å². The van der Waals surface area contributed by atoms with Crippen molar-refractivity contribution in [2.75, 3.05) is 31.6 Å². The van der Waals surface area contributed by atoms with E-state index in [4.69, 9.17) is 4.74 Å². The van der Waals surface area contributed by atoms with E-state index in [-0.39, 0.29) is 17.6 Å². The first-order valence-electron chi connectivity index (χ1n) is 11.8. The third kappa shape index (κ3) is 5.36. The largest absolute Gasteiger partial charge is 0.490 e. The zero-order valence-electron chi connectivity index (χ0n) is 19.2. The fourth-order valence-electron chi connectivity index (χ4n) is 4.98. The van der Waals surface area contributed by atoms with Gasteiger partial charge in [-0.1, -0.05) is 24.3 Å². The Morgan fingerprint density at radius 1 is 1.03 bits per heavy atom. The van der Waals surface area contributed by atoms with Gasteiger partial charge in [0.15, 0.2) is 0 Å². The normalized spacial score (nSPS) is 22.5. The lowest BCUT2D eigenvalue weighted by atomic mass is 9.87. The Bertz CT molecular complexity index is 981. The topological polar surface area (TPSA) is 61.9 Å². The van der Waals surface area contributed by atoms with Crippen molar-refractivity contribution in [1.82, 2.24) is 9.80 Å². The van der Waals surface area contributed by atoms with Gasteiger partial charge in [-0.05, 0) is 68.5 Å². The van der Waals surface area contributed by atoms with E-state index in [1.807, 2.05) is 29.2 Å². The van der Waals surface area contributed by atoms with E-state index in [1.165, 1.54) is 12.1 Å². The maximum Gasteiger partial charge on any atom is 0.245 e. The molecule has 33 heavy (non-hydrogen) atoms. The van der Waals surface area contributed by atoms with Crippen LogP contribution in [-0.4, -0.2) is 53.4 Å². The average Bonchev–Trinajstić information content (AvgIpc) is 3.21. The number of ether oxygens (including phenoxy) is 1. The van der Waals surface area contributed by atoms with Gasteiger partial charge in [0.25, 0.3) is 0 Å². The lowest BCUT2D eigenvalue weighted by Gasteiger charge is -2.37. The third-order valence-electron chi connectivity index (χ3n) is 6.80. The highest BCUT2D eigenvalue weighted by Gasteiger charge is 2.46. The second-order valence-corrected chi connectivity index (χ2v) is 8.95. The number of hydrogen-bond donors (Lipinski definition) is 1. The lowest BCUT2D eigenvalue weighted by molar-refractivity contribution is -0.130. The first-order chi connectivity index (χ1) is 16.0. The van der Waals surface area contributed by atoms with Crippen LogP contribution in [0.15, 0.2) is 48.5 Å². The van der Waals surface area contributed by atoms with Crippen molar-refractivity contribution in [2.24, 2.45) is 0 Å². The number of benzene rings is 2. The van der Waals surface area contributed by atoms with Gasteiger partial charge >= 0.3 is 0 Å². The summed E-state index contributed by atoms with van der Waals surface area (Å²) >= 11 is 0. The Labute approximate surface area is 194 Å². The van der Waals surface area contributed by atoms with Crippen LogP contribution >= 0.6 is 0 Å². The molecule has 6 nitrogen and oxygen atoms in total. The zero-order valence-corrected chi connectivity index (χ0v) is 19.2. The van der Waals surface area contributed by atoms with Crippen LogP contribution in [0.25, 0.3) is 0 Å². The van der Waals surface area contributed by atoms with Gasteiger partial charge in [-0.25, -0.2) is 4.39 Å². The maximum absolute atomic E-state index is 13.8. The predicted molar refractivity (Wildman–Crippen MR) is 125 cm³/mol. The smallest absolute Gasteiger partial charge is 0.245 e. The molecule has 1 atom stereocenters. The Morgan fingerprint density at radius 2 is 1.79 bits per heavy atom. The van der Waals surface area contributed by atoms with Crippen LogP contribution in [0.4, 0.5) is 10.1 Å². The molecule has 0 aliphatic carbocycles. The average molecular weight is 454 g/mol. The van der Waals surface area contributed by atoms with Gasteiger partial charge < -0.3 is 15.0 Å². The van der Waals surface area contributed by atoms with E-state index >= 15 is 0 Å². The number of nitrogens with zero attached hydrogens (tertiary/aromatic N) is 2. The number of anilines is 1. The fraction of sp³-hybridized carbons (Fsp3) is 0.462. The molecule has 2 aromatic carbocycles. The van der Waals surface area contributed by atoms with Gasteiger partial charge in [0, 0.05) is 20.0 Å². The molecular weight excluding hydrogens is 421 g/mol. The minimum absolute atomic E-state index is 0.0270. The number of rotatable bonds is 2. The van der Waals surface area contributed by atoms with E-state index < -0.39 is 5.54 Å². The molecule has 1 spiro atoms. The molecule has 2 aromatic rings. The summed E-state index contributed by atoms with van der Waals surface area (Å²) in [6.07, 6.45) is 4.05. The maximum atomic E-state index is 13.8. The van der Waals surface area contributed by atoms with Crippen molar-refractivity contribution in [1.29, 1.82) is 0 Å². The second kappa shape index (κ2) is 10.3. The van der Waals surface area contributed by atoms with Crippen molar-refractivity contribution < 1.29 is 18.7 Å². The molecule has 0 radical (unpaired) electrons. The van der Waals surface area contributed by atoms with E-state index in [9.17, 15) is 14.0 Å². The molecule has 1 fully saturated rings. The number of halogens is 1. The van der Waals surface area contributed by atoms with Gasteiger partial charge in [-0.3, -0.25) is 14.5 Å². The molecule has 2 amide bonds. The van der Waals surface area contributed by atoms with Crippen molar-refractivity contribution in [3.8, 4) is 5.75 Å². The monoisotopic (exact) mass is 453 g/mol. The first-order valence-corrected chi connectivity index (χ1v) is 11.8. The minimum atomic E-state index is -0.656. The third-order valence-corrected chi connectivity index (χ3v) is 6.80. The summed E-state index contributed by atoms with van der Waals surface area (Å²) in [5.41, 5.74) is 0.973. The van der Waals surface area contributed by atoms with Crippen LogP contribution in [0.3, 0.4) is 0 Å². The molecule has 2 heterocycles. The van der Waals surface area contributed by atoms with Crippen LogP contribution in [-0.2, 0) is 16.1 Å². The van der Waals surface area contributed by atoms with Crippen LogP contribution in [0.1, 0.15) is 44.6 Å². The van der Waals surface area contributed by atoms with Crippen molar-refractivity contribution in [2.45, 2.75) is 51.1 Å². The summed E-state index contributed by atoms with van der Waals surface area (Å²) in [6.45, 7) is 4.51. The highest BCUT2D eigenvalue weighted by molar-refractivity contribution is 5.99. The van der Waals surface area contributed by atoms with E-state index in [2.05, 4.69) is 10.2 Å². The van der Waals surface area contributed by atoms with Crippen LogP contribution in [0.5, 0.6) is 5.75 Å². The highest BCUT2D eigenvalue weighted by Crippen LogP contribution is 2.37. The number of carbonyl (C=O) groups excluding carboxylic acids is 2. The van der Waals surface area contributed by atoms with E-state index in [1.54, 1.807) is 19.1 Å². The summed E-state index contributed by atoms with van der Waals surface area (Å²) in [4.78, 5) is 29.9. The van der Waals surface area contributed by atoms with Gasteiger partial charge in [0.05, 0.1) is 12.2 Å². The number of nitrogens with one attached hydrogen (secondary N) is 1. The van der Waals surface area contributed by atoms with Crippen LogP contribution in [0.2, 0.25) is 0 Å². The molecule has 7 heteroatoms. The first kappa shape index (κ1) is 23.2. The Kier molecular flexibility index (Phi) is 7.28.